The molecule has 5 heteroatoms. The standard InChI is InChI=1S/C27H25NO4/c1-19-25(28-26(32-19)22-10-6-3-7-11-22)16-17-31-23-14-12-20(13-15-23)18-24(27(29)30)21-8-4-2-5-9-21/h2-15,24H,16-18H2,1H3,(H,29,30)/t24-/m0/s1. The van der Waals surface area contributed by atoms with E-state index in [9.17, 15) is 9.90 Å². The normalized spacial score (nSPS) is 11.8. The van der Waals surface area contributed by atoms with Crippen LogP contribution in [0.15, 0.2) is 89.3 Å². The highest BCUT2D eigenvalue weighted by molar-refractivity contribution is 5.76. The van der Waals surface area contributed by atoms with Gasteiger partial charge in [-0.15, -0.1) is 0 Å². The molecule has 32 heavy (non-hydrogen) atoms. The lowest BCUT2D eigenvalue weighted by Gasteiger charge is -2.13. The third kappa shape index (κ3) is 5.24. The second-order valence-corrected chi connectivity index (χ2v) is 7.64. The lowest BCUT2D eigenvalue weighted by molar-refractivity contribution is -0.138. The van der Waals surface area contributed by atoms with Crippen molar-refractivity contribution < 1.29 is 19.1 Å². The van der Waals surface area contributed by atoms with Crippen LogP contribution in [-0.4, -0.2) is 22.7 Å². The summed E-state index contributed by atoms with van der Waals surface area (Å²) in [5.74, 6) is 0.758. The number of ether oxygens (including phenoxy) is 1. The van der Waals surface area contributed by atoms with Crippen LogP contribution in [0.4, 0.5) is 0 Å². The number of aliphatic carboxylic acids is 1. The van der Waals surface area contributed by atoms with Crippen LogP contribution in [0.2, 0.25) is 0 Å². The summed E-state index contributed by atoms with van der Waals surface area (Å²) >= 11 is 0. The van der Waals surface area contributed by atoms with Crippen LogP contribution in [0.1, 0.15) is 28.5 Å². The predicted molar refractivity (Wildman–Crippen MR) is 123 cm³/mol. The van der Waals surface area contributed by atoms with Gasteiger partial charge in [0.05, 0.1) is 18.2 Å². The van der Waals surface area contributed by atoms with Crippen molar-refractivity contribution in [3.63, 3.8) is 0 Å². The van der Waals surface area contributed by atoms with Gasteiger partial charge in [-0.25, -0.2) is 4.98 Å². The second-order valence-electron chi connectivity index (χ2n) is 7.64. The van der Waals surface area contributed by atoms with E-state index in [1.807, 2.05) is 91.9 Å². The van der Waals surface area contributed by atoms with Gasteiger partial charge in [0.1, 0.15) is 11.5 Å². The van der Waals surface area contributed by atoms with Crippen LogP contribution < -0.4 is 4.74 Å². The first-order chi connectivity index (χ1) is 15.6. The molecule has 0 bridgehead atoms. The summed E-state index contributed by atoms with van der Waals surface area (Å²) in [5, 5.41) is 9.63. The summed E-state index contributed by atoms with van der Waals surface area (Å²) < 4.78 is 11.7. The Morgan fingerprint density at radius 2 is 1.62 bits per heavy atom. The third-order valence-corrected chi connectivity index (χ3v) is 5.38. The summed E-state index contributed by atoms with van der Waals surface area (Å²) in [5.41, 5.74) is 3.59. The molecule has 0 radical (unpaired) electrons. The topological polar surface area (TPSA) is 72.6 Å². The summed E-state index contributed by atoms with van der Waals surface area (Å²) in [4.78, 5) is 16.3. The van der Waals surface area contributed by atoms with Crippen molar-refractivity contribution in [2.45, 2.75) is 25.7 Å². The van der Waals surface area contributed by atoms with Gasteiger partial charge in [-0.2, -0.15) is 0 Å². The zero-order valence-electron chi connectivity index (χ0n) is 17.9. The molecule has 0 aliphatic heterocycles. The molecule has 0 amide bonds. The van der Waals surface area contributed by atoms with E-state index < -0.39 is 11.9 Å². The minimum absolute atomic E-state index is 0.431. The molecule has 1 aromatic heterocycles. The number of benzene rings is 3. The Labute approximate surface area is 187 Å². The Bertz CT molecular complexity index is 1150. The van der Waals surface area contributed by atoms with Crippen LogP contribution in [0.3, 0.4) is 0 Å². The van der Waals surface area contributed by atoms with Crippen LogP contribution >= 0.6 is 0 Å². The van der Waals surface area contributed by atoms with Gasteiger partial charge in [0.2, 0.25) is 5.89 Å². The summed E-state index contributed by atoms with van der Waals surface area (Å²) in [6.07, 6.45) is 1.07. The molecular formula is C27H25NO4. The molecule has 3 aromatic carbocycles. The second kappa shape index (κ2) is 9.96. The molecule has 4 aromatic rings. The lowest BCUT2D eigenvalue weighted by atomic mass is 9.92. The zero-order chi connectivity index (χ0) is 22.3. The predicted octanol–water partition coefficient (Wildman–Crippen LogP) is 5.68. The van der Waals surface area contributed by atoms with Crippen molar-refractivity contribution in [3.8, 4) is 17.2 Å². The number of aryl methyl sites for hydroxylation is 1. The zero-order valence-corrected chi connectivity index (χ0v) is 17.9. The molecule has 0 unspecified atom stereocenters. The van der Waals surface area contributed by atoms with Crippen LogP contribution in [0.25, 0.3) is 11.5 Å². The van der Waals surface area contributed by atoms with E-state index in [1.54, 1.807) is 0 Å². The van der Waals surface area contributed by atoms with Crippen LogP contribution in [0.5, 0.6) is 5.75 Å². The molecule has 1 N–H and O–H groups in total. The van der Waals surface area contributed by atoms with Gasteiger partial charge in [0.25, 0.3) is 0 Å². The first-order valence-electron chi connectivity index (χ1n) is 10.6. The molecule has 4 rings (SSSR count). The molecular weight excluding hydrogens is 402 g/mol. The minimum atomic E-state index is -0.825. The van der Waals surface area contributed by atoms with Crippen molar-refractivity contribution in [1.82, 2.24) is 4.98 Å². The molecule has 0 spiro atoms. The van der Waals surface area contributed by atoms with E-state index in [0.29, 0.717) is 25.3 Å². The summed E-state index contributed by atoms with van der Waals surface area (Å²) in [6.45, 7) is 2.39. The van der Waals surface area contributed by atoms with Crippen molar-refractivity contribution in [3.05, 3.63) is 108 Å². The van der Waals surface area contributed by atoms with Gasteiger partial charge in [-0.05, 0) is 48.7 Å². The summed E-state index contributed by atoms with van der Waals surface area (Å²) in [7, 11) is 0. The van der Waals surface area contributed by atoms with E-state index >= 15 is 0 Å². The number of carboxylic acids is 1. The average Bonchev–Trinajstić information content (AvgIpc) is 3.20. The number of oxazole rings is 1. The van der Waals surface area contributed by atoms with E-state index in [2.05, 4.69) is 4.98 Å². The first-order valence-corrected chi connectivity index (χ1v) is 10.6. The van der Waals surface area contributed by atoms with Gasteiger partial charge in [0.15, 0.2) is 0 Å². The smallest absolute Gasteiger partial charge is 0.311 e. The SMILES string of the molecule is Cc1oc(-c2ccccc2)nc1CCOc1ccc(C[C@H](C(=O)O)c2ccccc2)cc1. The fraction of sp³-hybridized carbons (Fsp3) is 0.185. The Morgan fingerprint density at radius 3 is 2.28 bits per heavy atom. The largest absolute Gasteiger partial charge is 0.493 e. The van der Waals surface area contributed by atoms with Crippen molar-refractivity contribution in [1.29, 1.82) is 0 Å². The van der Waals surface area contributed by atoms with Crippen molar-refractivity contribution in [2.24, 2.45) is 0 Å². The maximum absolute atomic E-state index is 11.7. The number of carbonyl (C=O) groups is 1. The quantitative estimate of drug-likeness (QED) is 0.372. The van der Waals surface area contributed by atoms with Gasteiger partial charge in [-0.1, -0.05) is 60.7 Å². The van der Waals surface area contributed by atoms with Crippen molar-refractivity contribution in [2.75, 3.05) is 6.61 Å². The molecule has 162 valence electrons. The monoisotopic (exact) mass is 427 g/mol. The lowest BCUT2D eigenvalue weighted by Crippen LogP contribution is -2.14. The van der Waals surface area contributed by atoms with E-state index in [-0.39, 0.29) is 0 Å². The fourth-order valence-corrected chi connectivity index (χ4v) is 3.62. The Morgan fingerprint density at radius 1 is 0.969 bits per heavy atom. The van der Waals surface area contributed by atoms with E-state index in [4.69, 9.17) is 9.15 Å². The molecule has 0 aliphatic carbocycles. The minimum Gasteiger partial charge on any atom is -0.493 e. The van der Waals surface area contributed by atoms with E-state index in [1.165, 1.54) is 0 Å². The Hall–Kier alpha value is -3.86. The maximum Gasteiger partial charge on any atom is 0.311 e. The summed E-state index contributed by atoms with van der Waals surface area (Å²) in [6, 6.07) is 26.7. The van der Waals surface area contributed by atoms with Gasteiger partial charge in [-0.3, -0.25) is 4.79 Å². The number of rotatable bonds is 9. The van der Waals surface area contributed by atoms with Crippen molar-refractivity contribution >= 4 is 5.97 Å². The molecule has 0 saturated heterocycles. The highest BCUT2D eigenvalue weighted by atomic mass is 16.5. The Balaban J connectivity index is 1.34. The highest BCUT2D eigenvalue weighted by Gasteiger charge is 2.20. The Kier molecular flexibility index (Phi) is 6.66. The molecule has 5 nitrogen and oxygen atoms in total. The number of hydrogen-bond acceptors (Lipinski definition) is 4. The number of aromatic nitrogens is 1. The number of carboxylic acid groups (broad SMARTS) is 1. The number of hydrogen-bond donors (Lipinski definition) is 1. The first kappa shape index (κ1) is 21.4. The molecule has 0 aliphatic rings. The molecule has 0 saturated carbocycles. The van der Waals surface area contributed by atoms with Crippen LogP contribution in [0, 0.1) is 6.92 Å². The van der Waals surface area contributed by atoms with Gasteiger partial charge >= 0.3 is 5.97 Å². The van der Waals surface area contributed by atoms with Gasteiger partial charge < -0.3 is 14.3 Å². The molecule has 1 heterocycles. The maximum atomic E-state index is 11.7. The fourth-order valence-electron chi connectivity index (χ4n) is 3.62. The highest BCUT2D eigenvalue weighted by Crippen LogP contribution is 2.24. The average molecular weight is 428 g/mol. The molecule has 0 fully saturated rings. The molecule has 1 atom stereocenters. The van der Waals surface area contributed by atoms with E-state index in [0.717, 1.165) is 33.9 Å². The number of nitrogens with zero attached hydrogens (tertiary/aromatic N) is 1. The van der Waals surface area contributed by atoms with Gasteiger partial charge in [0, 0.05) is 12.0 Å². The third-order valence-electron chi connectivity index (χ3n) is 5.38. The van der Waals surface area contributed by atoms with Crippen LogP contribution in [-0.2, 0) is 17.6 Å².